The van der Waals surface area contributed by atoms with Crippen LogP contribution in [0.5, 0.6) is 11.5 Å². The maximum absolute atomic E-state index is 13.0. The van der Waals surface area contributed by atoms with Crippen molar-refractivity contribution in [3.8, 4) is 11.5 Å². The van der Waals surface area contributed by atoms with Gasteiger partial charge in [0.1, 0.15) is 24.7 Å². The monoisotopic (exact) mass is 498 g/mol. The Morgan fingerprint density at radius 3 is 1.53 bits per heavy atom. The summed E-state index contributed by atoms with van der Waals surface area (Å²) in [5.74, 6) is -0.340. The summed E-state index contributed by atoms with van der Waals surface area (Å²) in [7, 11) is 0. The Morgan fingerprint density at radius 2 is 1.14 bits per heavy atom. The Morgan fingerprint density at radius 1 is 0.722 bits per heavy atom. The van der Waals surface area contributed by atoms with Crippen LogP contribution in [0.15, 0.2) is 36.4 Å². The average molecular weight is 499 g/mol. The first kappa shape index (κ1) is 29.2. The molecule has 0 radical (unpaired) electrons. The molecule has 36 heavy (non-hydrogen) atoms. The van der Waals surface area contributed by atoms with Crippen molar-refractivity contribution in [3.63, 3.8) is 0 Å². The first-order valence-corrected chi connectivity index (χ1v) is 12.6. The van der Waals surface area contributed by atoms with E-state index in [0.717, 1.165) is 22.3 Å². The fraction of sp³-hybridized carbons (Fsp3) is 0.533. The molecule has 0 heterocycles. The van der Waals surface area contributed by atoms with Crippen LogP contribution >= 0.6 is 0 Å². The Kier molecular flexibility index (Phi) is 9.22. The molecule has 2 rings (SSSR count). The van der Waals surface area contributed by atoms with E-state index in [4.69, 9.17) is 9.47 Å². The molecule has 0 atom stereocenters. The molecule has 198 valence electrons. The number of carbonyl (C=O) groups excluding carboxylic acids is 2. The number of esters is 2. The Bertz CT molecular complexity index is 1010. The van der Waals surface area contributed by atoms with Gasteiger partial charge in [-0.2, -0.15) is 0 Å². The summed E-state index contributed by atoms with van der Waals surface area (Å²) in [5, 5.41) is 21.1. The Balaban J connectivity index is 2.47. The standard InChI is InChI=1S/C30H42O6/c1-9-10-26(33)35-15-16-36-27(34)19-30(8,20-11-13-24(31)22(17-20)28(2,3)4)21-12-14-25(32)23(18-21)29(5,6)7/h11-14,17-18,31-32H,9-10,15-16,19H2,1-8H3. The highest BCUT2D eigenvalue weighted by atomic mass is 16.6. The second-order valence-electron chi connectivity index (χ2n) is 11.7. The molecule has 0 aliphatic rings. The quantitative estimate of drug-likeness (QED) is 0.312. The van der Waals surface area contributed by atoms with Crippen LogP contribution in [0.4, 0.5) is 0 Å². The lowest BCUT2D eigenvalue weighted by Gasteiger charge is -2.33. The molecule has 6 heteroatoms. The van der Waals surface area contributed by atoms with E-state index in [0.29, 0.717) is 12.8 Å². The van der Waals surface area contributed by atoms with Crippen molar-refractivity contribution in [1.82, 2.24) is 0 Å². The predicted molar refractivity (Wildman–Crippen MR) is 142 cm³/mol. The number of rotatable bonds is 9. The predicted octanol–water partition coefficient (Wildman–Crippen LogP) is 6.28. The molecule has 2 aromatic rings. The van der Waals surface area contributed by atoms with Crippen LogP contribution < -0.4 is 0 Å². The van der Waals surface area contributed by atoms with Gasteiger partial charge < -0.3 is 19.7 Å². The summed E-state index contributed by atoms with van der Waals surface area (Å²) in [6.07, 6.45) is 1.06. The summed E-state index contributed by atoms with van der Waals surface area (Å²) in [5.41, 5.74) is 1.82. The van der Waals surface area contributed by atoms with Gasteiger partial charge in [-0.3, -0.25) is 9.59 Å². The molecule has 0 fully saturated rings. The van der Waals surface area contributed by atoms with E-state index >= 15 is 0 Å². The van der Waals surface area contributed by atoms with Gasteiger partial charge in [-0.1, -0.05) is 79.7 Å². The van der Waals surface area contributed by atoms with Gasteiger partial charge in [-0.25, -0.2) is 0 Å². The number of phenols is 2. The first-order chi connectivity index (χ1) is 16.6. The molecule has 0 aliphatic carbocycles. The second-order valence-corrected chi connectivity index (χ2v) is 11.7. The van der Waals surface area contributed by atoms with Crippen LogP contribution in [0.25, 0.3) is 0 Å². The van der Waals surface area contributed by atoms with Gasteiger partial charge in [0.15, 0.2) is 0 Å². The van der Waals surface area contributed by atoms with Gasteiger partial charge in [0, 0.05) is 11.8 Å². The highest BCUT2D eigenvalue weighted by Gasteiger charge is 2.35. The molecule has 0 amide bonds. The van der Waals surface area contributed by atoms with Crippen molar-refractivity contribution >= 4 is 11.9 Å². The van der Waals surface area contributed by atoms with E-state index in [1.165, 1.54) is 0 Å². The first-order valence-electron chi connectivity index (χ1n) is 12.6. The molecular weight excluding hydrogens is 456 g/mol. The van der Waals surface area contributed by atoms with Crippen LogP contribution in [0, 0.1) is 0 Å². The number of phenolic OH excluding ortho intramolecular Hbond substituents is 2. The van der Waals surface area contributed by atoms with Gasteiger partial charge in [0.05, 0.1) is 6.42 Å². The number of ether oxygens (including phenoxy) is 2. The summed E-state index contributed by atoms with van der Waals surface area (Å²) in [6, 6.07) is 10.9. The molecule has 0 aromatic heterocycles. The molecule has 0 spiro atoms. The zero-order chi connectivity index (χ0) is 27.3. The molecule has 0 saturated carbocycles. The van der Waals surface area contributed by atoms with Crippen molar-refractivity contribution < 1.29 is 29.3 Å². The van der Waals surface area contributed by atoms with Gasteiger partial charge in [-0.15, -0.1) is 0 Å². The normalized spacial score (nSPS) is 12.3. The number of hydrogen-bond acceptors (Lipinski definition) is 6. The van der Waals surface area contributed by atoms with Gasteiger partial charge in [0.25, 0.3) is 0 Å². The van der Waals surface area contributed by atoms with Crippen LogP contribution in [0.2, 0.25) is 0 Å². The van der Waals surface area contributed by atoms with Crippen LogP contribution in [-0.4, -0.2) is 35.4 Å². The van der Waals surface area contributed by atoms with E-state index < -0.39 is 11.4 Å². The maximum atomic E-state index is 13.0. The minimum absolute atomic E-state index is 0.0159. The Labute approximate surface area is 215 Å². The minimum Gasteiger partial charge on any atom is -0.508 e. The third-order valence-electron chi connectivity index (χ3n) is 6.44. The fourth-order valence-corrected chi connectivity index (χ4v) is 4.26. The third kappa shape index (κ3) is 7.25. The average Bonchev–Trinajstić information content (AvgIpc) is 2.75. The number of hydrogen-bond donors (Lipinski definition) is 2. The zero-order valence-corrected chi connectivity index (χ0v) is 23.0. The highest BCUT2D eigenvalue weighted by Crippen LogP contribution is 2.42. The molecule has 0 unspecified atom stereocenters. The zero-order valence-electron chi connectivity index (χ0n) is 23.0. The van der Waals surface area contributed by atoms with Crippen molar-refractivity contribution in [1.29, 1.82) is 0 Å². The minimum atomic E-state index is -0.808. The van der Waals surface area contributed by atoms with Crippen molar-refractivity contribution in [3.05, 3.63) is 58.7 Å². The van der Waals surface area contributed by atoms with E-state index in [1.807, 2.05) is 79.7 Å². The summed E-state index contributed by atoms with van der Waals surface area (Å²) >= 11 is 0. The van der Waals surface area contributed by atoms with Crippen LogP contribution in [0.1, 0.15) is 96.9 Å². The van der Waals surface area contributed by atoms with Gasteiger partial charge in [0.2, 0.25) is 0 Å². The molecular formula is C30H42O6. The van der Waals surface area contributed by atoms with Gasteiger partial charge in [-0.05, 0) is 51.6 Å². The SMILES string of the molecule is CCCC(=O)OCCOC(=O)CC(C)(c1ccc(O)c(C(C)(C)C)c1)c1ccc(O)c(C(C)(C)C)c1. The largest absolute Gasteiger partial charge is 0.508 e. The third-order valence-corrected chi connectivity index (χ3v) is 6.44. The molecule has 0 aliphatic heterocycles. The molecule has 0 saturated heterocycles. The van der Waals surface area contributed by atoms with Crippen molar-refractivity contribution in [2.45, 2.75) is 90.9 Å². The summed E-state index contributed by atoms with van der Waals surface area (Å²) < 4.78 is 10.5. The number of carbonyl (C=O) groups is 2. The molecule has 2 N–H and O–H groups in total. The number of aromatic hydroxyl groups is 2. The van der Waals surface area contributed by atoms with E-state index in [-0.39, 0.29) is 47.9 Å². The Hall–Kier alpha value is -3.02. The van der Waals surface area contributed by atoms with Crippen molar-refractivity contribution in [2.24, 2.45) is 0 Å². The summed E-state index contributed by atoms with van der Waals surface area (Å²) in [6.45, 7) is 16.0. The van der Waals surface area contributed by atoms with E-state index in [9.17, 15) is 19.8 Å². The fourth-order valence-electron chi connectivity index (χ4n) is 4.26. The highest BCUT2D eigenvalue weighted by molar-refractivity contribution is 5.73. The van der Waals surface area contributed by atoms with Gasteiger partial charge >= 0.3 is 11.9 Å². The lowest BCUT2D eigenvalue weighted by molar-refractivity contribution is -0.152. The molecule has 2 aromatic carbocycles. The topological polar surface area (TPSA) is 93.1 Å². The lowest BCUT2D eigenvalue weighted by atomic mass is 9.70. The summed E-state index contributed by atoms with van der Waals surface area (Å²) in [4.78, 5) is 24.6. The second kappa shape index (κ2) is 11.4. The molecule has 6 nitrogen and oxygen atoms in total. The van der Waals surface area contributed by atoms with Crippen LogP contribution in [0.3, 0.4) is 0 Å². The van der Waals surface area contributed by atoms with Crippen molar-refractivity contribution in [2.75, 3.05) is 13.2 Å². The lowest BCUT2D eigenvalue weighted by Crippen LogP contribution is -2.30. The number of benzene rings is 2. The maximum Gasteiger partial charge on any atom is 0.307 e. The van der Waals surface area contributed by atoms with E-state index in [1.54, 1.807) is 12.1 Å². The molecule has 0 bridgehead atoms. The smallest absolute Gasteiger partial charge is 0.307 e. The van der Waals surface area contributed by atoms with E-state index in [2.05, 4.69) is 0 Å². The van der Waals surface area contributed by atoms with Crippen LogP contribution in [-0.2, 0) is 35.3 Å².